The molecule has 1 saturated heterocycles. The Kier molecular flexibility index (Phi) is 4.30. The Labute approximate surface area is 157 Å². The van der Waals surface area contributed by atoms with Gasteiger partial charge in [-0.25, -0.2) is 9.50 Å². The minimum Gasteiger partial charge on any atom is -0.336 e. The smallest absolute Gasteiger partial charge is 0.336 e. The van der Waals surface area contributed by atoms with E-state index in [2.05, 4.69) is 10.1 Å². The highest BCUT2D eigenvalue weighted by Crippen LogP contribution is 2.34. The van der Waals surface area contributed by atoms with Crippen LogP contribution in [0.25, 0.3) is 5.65 Å². The molecule has 1 atom stereocenters. The number of fused-ring (bicyclic) bond motifs is 1. The number of benzene rings is 1. The quantitative estimate of drug-likeness (QED) is 0.676. The summed E-state index contributed by atoms with van der Waals surface area (Å²) in [5.41, 5.74) is -0.216. The van der Waals surface area contributed by atoms with Gasteiger partial charge in [0, 0.05) is 18.9 Å². The zero-order chi connectivity index (χ0) is 19.2. The van der Waals surface area contributed by atoms with Crippen LogP contribution in [0.4, 0.5) is 13.2 Å². The zero-order valence-corrected chi connectivity index (χ0v) is 14.7. The number of likely N-dealkylation sites (tertiary alicyclic amines) is 1. The minimum atomic E-state index is -4.66. The van der Waals surface area contributed by atoms with Crippen LogP contribution in [0.3, 0.4) is 0 Å². The molecule has 5 nitrogen and oxygen atoms in total. The average molecular weight is 395 g/mol. The molecule has 0 aliphatic carbocycles. The number of hydrogen-bond acceptors (Lipinski definition) is 3. The fraction of sp³-hybridized carbons (Fsp3) is 0.278. The van der Waals surface area contributed by atoms with Crippen molar-refractivity contribution in [2.24, 2.45) is 0 Å². The molecule has 0 bridgehead atoms. The Morgan fingerprint density at radius 3 is 2.59 bits per heavy atom. The number of nitrogens with zero attached hydrogens (tertiary/aromatic N) is 4. The Bertz CT molecular complexity index is 1000. The number of imidazole rings is 1. The van der Waals surface area contributed by atoms with E-state index in [1.807, 2.05) is 30.3 Å². The summed E-state index contributed by atoms with van der Waals surface area (Å²) >= 11 is 5.84. The maximum Gasteiger partial charge on any atom is 0.435 e. The van der Waals surface area contributed by atoms with Gasteiger partial charge in [0.1, 0.15) is 5.15 Å². The number of alkyl halides is 3. The van der Waals surface area contributed by atoms with Gasteiger partial charge in [-0.1, -0.05) is 41.9 Å². The lowest BCUT2D eigenvalue weighted by molar-refractivity contribution is -0.142. The van der Waals surface area contributed by atoms with Crippen molar-refractivity contribution in [1.82, 2.24) is 19.5 Å². The molecule has 1 fully saturated rings. The van der Waals surface area contributed by atoms with Gasteiger partial charge in [0.2, 0.25) is 5.91 Å². The molecule has 140 valence electrons. The number of halogens is 4. The predicted molar refractivity (Wildman–Crippen MR) is 92.2 cm³/mol. The Morgan fingerprint density at radius 1 is 1.15 bits per heavy atom. The van der Waals surface area contributed by atoms with E-state index in [-0.39, 0.29) is 41.3 Å². The van der Waals surface area contributed by atoms with Crippen LogP contribution in [0.5, 0.6) is 0 Å². The van der Waals surface area contributed by atoms with E-state index in [9.17, 15) is 18.0 Å². The molecule has 0 radical (unpaired) electrons. The molecule has 1 unspecified atom stereocenters. The standard InChI is InChI=1S/C18H14ClF3N4O/c19-14-6-7-15-23-17(18(20,21)22)13(26(15)24-14)10-25-9-12(8-16(25)27)11-4-2-1-3-5-11/h1-7,12H,8-10H2. The maximum atomic E-state index is 13.5. The molecule has 1 aliphatic rings. The van der Waals surface area contributed by atoms with Gasteiger partial charge in [-0.05, 0) is 17.7 Å². The van der Waals surface area contributed by atoms with Crippen molar-refractivity contribution in [3.05, 3.63) is 64.6 Å². The molecular weight excluding hydrogens is 381 g/mol. The van der Waals surface area contributed by atoms with E-state index in [0.29, 0.717) is 6.54 Å². The highest BCUT2D eigenvalue weighted by atomic mass is 35.5. The first-order valence-electron chi connectivity index (χ1n) is 8.27. The monoisotopic (exact) mass is 394 g/mol. The van der Waals surface area contributed by atoms with E-state index < -0.39 is 11.9 Å². The average Bonchev–Trinajstić information content (AvgIpc) is 3.17. The maximum absolute atomic E-state index is 13.5. The molecule has 0 saturated carbocycles. The first-order valence-corrected chi connectivity index (χ1v) is 8.65. The van der Waals surface area contributed by atoms with Crippen LogP contribution < -0.4 is 0 Å². The molecule has 2 aromatic heterocycles. The lowest BCUT2D eigenvalue weighted by Crippen LogP contribution is -2.27. The summed E-state index contributed by atoms with van der Waals surface area (Å²) in [5.74, 6) is -0.252. The summed E-state index contributed by atoms with van der Waals surface area (Å²) in [6.45, 7) is 0.111. The molecule has 1 aromatic carbocycles. The summed E-state index contributed by atoms with van der Waals surface area (Å²) in [4.78, 5) is 17.5. The topological polar surface area (TPSA) is 50.5 Å². The summed E-state index contributed by atoms with van der Waals surface area (Å²) in [6, 6.07) is 12.2. The Hall–Kier alpha value is -2.61. The second-order valence-electron chi connectivity index (χ2n) is 6.42. The van der Waals surface area contributed by atoms with Crippen LogP contribution in [0.15, 0.2) is 42.5 Å². The summed E-state index contributed by atoms with van der Waals surface area (Å²) in [6.07, 6.45) is -4.40. The SMILES string of the molecule is O=C1CC(c2ccccc2)CN1Cc1c(C(F)(F)F)nc2ccc(Cl)nn12. The van der Waals surface area contributed by atoms with Crippen LogP contribution in [0.2, 0.25) is 5.15 Å². The van der Waals surface area contributed by atoms with E-state index in [1.165, 1.54) is 17.0 Å². The first kappa shape index (κ1) is 17.8. The Balaban J connectivity index is 1.69. The molecule has 1 aliphatic heterocycles. The van der Waals surface area contributed by atoms with Crippen LogP contribution in [-0.4, -0.2) is 31.9 Å². The third kappa shape index (κ3) is 3.37. The summed E-state index contributed by atoms with van der Waals surface area (Å²) in [5, 5.41) is 3.98. The van der Waals surface area contributed by atoms with Crippen molar-refractivity contribution in [1.29, 1.82) is 0 Å². The lowest BCUT2D eigenvalue weighted by atomic mass is 9.99. The number of rotatable bonds is 3. The van der Waals surface area contributed by atoms with Gasteiger partial charge >= 0.3 is 6.18 Å². The van der Waals surface area contributed by atoms with Crippen molar-refractivity contribution in [3.8, 4) is 0 Å². The number of hydrogen-bond donors (Lipinski definition) is 0. The van der Waals surface area contributed by atoms with Crippen LogP contribution >= 0.6 is 11.6 Å². The first-order chi connectivity index (χ1) is 12.8. The van der Waals surface area contributed by atoms with Gasteiger partial charge < -0.3 is 4.90 Å². The Morgan fingerprint density at radius 2 is 1.89 bits per heavy atom. The molecule has 3 aromatic rings. The number of carbonyl (C=O) groups is 1. The number of amides is 1. The van der Waals surface area contributed by atoms with Crippen molar-refractivity contribution in [2.45, 2.75) is 25.1 Å². The molecule has 9 heteroatoms. The third-order valence-electron chi connectivity index (χ3n) is 4.63. The number of carbonyl (C=O) groups excluding carboxylic acids is 1. The normalized spacial score (nSPS) is 17.9. The second-order valence-corrected chi connectivity index (χ2v) is 6.80. The second kappa shape index (κ2) is 6.53. The fourth-order valence-electron chi connectivity index (χ4n) is 3.38. The van der Waals surface area contributed by atoms with Gasteiger partial charge in [-0.3, -0.25) is 4.79 Å². The van der Waals surface area contributed by atoms with Crippen molar-refractivity contribution < 1.29 is 18.0 Å². The third-order valence-corrected chi connectivity index (χ3v) is 4.83. The van der Waals surface area contributed by atoms with E-state index in [0.717, 1.165) is 10.1 Å². The van der Waals surface area contributed by atoms with E-state index in [1.54, 1.807) is 0 Å². The molecule has 0 N–H and O–H groups in total. The summed E-state index contributed by atoms with van der Waals surface area (Å²) < 4.78 is 41.4. The van der Waals surface area contributed by atoms with Gasteiger partial charge in [0.05, 0.1) is 12.2 Å². The molecular formula is C18H14ClF3N4O. The predicted octanol–water partition coefficient (Wildman–Crippen LogP) is 3.92. The van der Waals surface area contributed by atoms with Crippen LogP contribution in [0, 0.1) is 0 Å². The highest BCUT2D eigenvalue weighted by Gasteiger charge is 2.40. The van der Waals surface area contributed by atoms with Crippen molar-refractivity contribution in [3.63, 3.8) is 0 Å². The molecule has 0 spiro atoms. The van der Waals surface area contributed by atoms with Gasteiger partial charge in [-0.2, -0.15) is 18.3 Å². The van der Waals surface area contributed by atoms with Crippen molar-refractivity contribution in [2.75, 3.05) is 6.54 Å². The van der Waals surface area contributed by atoms with Crippen molar-refractivity contribution >= 4 is 23.2 Å². The minimum absolute atomic E-state index is 0.0352. The largest absolute Gasteiger partial charge is 0.435 e. The fourth-order valence-corrected chi connectivity index (χ4v) is 3.52. The lowest BCUT2D eigenvalue weighted by Gasteiger charge is -2.18. The van der Waals surface area contributed by atoms with Gasteiger partial charge in [-0.15, -0.1) is 0 Å². The summed E-state index contributed by atoms with van der Waals surface area (Å²) in [7, 11) is 0. The molecule has 27 heavy (non-hydrogen) atoms. The molecule has 1 amide bonds. The van der Waals surface area contributed by atoms with Crippen LogP contribution in [0.1, 0.15) is 29.3 Å². The molecule has 3 heterocycles. The zero-order valence-electron chi connectivity index (χ0n) is 13.9. The van der Waals surface area contributed by atoms with E-state index in [4.69, 9.17) is 11.6 Å². The highest BCUT2D eigenvalue weighted by molar-refractivity contribution is 6.29. The van der Waals surface area contributed by atoms with Gasteiger partial charge in [0.15, 0.2) is 11.3 Å². The van der Waals surface area contributed by atoms with Gasteiger partial charge in [0.25, 0.3) is 0 Å². The van der Waals surface area contributed by atoms with Crippen LogP contribution in [-0.2, 0) is 17.5 Å². The number of aromatic nitrogens is 3. The molecule has 4 rings (SSSR count). The van der Waals surface area contributed by atoms with E-state index >= 15 is 0 Å².